The van der Waals surface area contributed by atoms with Crippen LogP contribution in [0.1, 0.15) is 35.8 Å². The van der Waals surface area contributed by atoms with Crippen LogP contribution in [0, 0.1) is 5.92 Å². The highest BCUT2D eigenvalue weighted by molar-refractivity contribution is 7.13. The number of nitrogens with zero attached hydrogens (tertiary/aromatic N) is 1. The normalized spacial score (nSPS) is 14.5. The molecule has 6 heteroatoms. The smallest absolute Gasteiger partial charge is 0.331 e. The Labute approximate surface area is 144 Å². The molecular weight excluding hydrogens is 324 g/mol. The number of allylic oxidation sites excluding steroid dienone is 1. The van der Waals surface area contributed by atoms with Crippen molar-refractivity contribution in [2.75, 3.05) is 0 Å². The minimum Gasteiger partial charge on any atom is -0.456 e. The van der Waals surface area contributed by atoms with E-state index in [1.807, 2.05) is 12.3 Å². The molecule has 2 N–H and O–H groups in total. The number of benzene rings is 1. The summed E-state index contributed by atoms with van der Waals surface area (Å²) >= 11 is 1.46. The third kappa shape index (κ3) is 4.08. The molecule has 1 fully saturated rings. The highest BCUT2D eigenvalue weighted by Gasteiger charge is 2.23. The molecule has 0 saturated heterocycles. The first kappa shape index (κ1) is 16.4. The first-order valence-electron chi connectivity index (χ1n) is 7.72. The van der Waals surface area contributed by atoms with Gasteiger partial charge in [0.15, 0.2) is 0 Å². The fourth-order valence-electron chi connectivity index (χ4n) is 2.31. The lowest BCUT2D eigenvalue weighted by atomic mass is 10.1. The molecule has 0 radical (unpaired) electrons. The molecule has 0 bridgehead atoms. The minimum absolute atomic E-state index is 0.156. The van der Waals surface area contributed by atoms with Gasteiger partial charge in [-0.2, -0.15) is 0 Å². The summed E-state index contributed by atoms with van der Waals surface area (Å²) in [7, 11) is 0. The zero-order chi connectivity index (χ0) is 17.1. The van der Waals surface area contributed by atoms with Gasteiger partial charge in [0, 0.05) is 22.6 Å². The standard InChI is InChI=1S/C18H18N2O3S/c1-11(12-2-3-12)8-16(21)23-9-15-10-24-18(20-15)14-6-4-13(5-7-14)17(19)22/h4-8,10,12H,2-3,9H2,1H3,(H2,19,22)/b11-8+. The molecule has 2 aromatic rings. The van der Waals surface area contributed by atoms with Gasteiger partial charge < -0.3 is 10.5 Å². The van der Waals surface area contributed by atoms with Gasteiger partial charge in [-0.15, -0.1) is 11.3 Å². The lowest BCUT2D eigenvalue weighted by Crippen LogP contribution is -2.10. The molecule has 1 aromatic heterocycles. The number of primary amides is 1. The van der Waals surface area contributed by atoms with Crippen LogP contribution in [-0.4, -0.2) is 16.9 Å². The Morgan fingerprint density at radius 2 is 2.04 bits per heavy atom. The topological polar surface area (TPSA) is 82.3 Å². The fraction of sp³-hybridized carbons (Fsp3) is 0.278. The van der Waals surface area contributed by atoms with E-state index in [0.717, 1.165) is 16.1 Å². The van der Waals surface area contributed by atoms with Gasteiger partial charge in [-0.3, -0.25) is 4.79 Å². The molecule has 1 aromatic carbocycles. The van der Waals surface area contributed by atoms with Crippen LogP contribution in [0.25, 0.3) is 10.6 Å². The van der Waals surface area contributed by atoms with Crippen LogP contribution in [0.2, 0.25) is 0 Å². The van der Waals surface area contributed by atoms with Crippen molar-refractivity contribution in [3.05, 3.63) is 52.6 Å². The first-order valence-corrected chi connectivity index (χ1v) is 8.60. The van der Waals surface area contributed by atoms with Crippen molar-refractivity contribution in [3.63, 3.8) is 0 Å². The molecule has 1 saturated carbocycles. The number of esters is 1. The minimum atomic E-state index is -0.456. The third-order valence-electron chi connectivity index (χ3n) is 3.90. The lowest BCUT2D eigenvalue weighted by Gasteiger charge is -2.01. The second-order valence-electron chi connectivity index (χ2n) is 5.86. The van der Waals surface area contributed by atoms with Crippen molar-refractivity contribution in [1.82, 2.24) is 4.98 Å². The predicted molar refractivity (Wildman–Crippen MR) is 92.3 cm³/mol. The van der Waals surface area contributed by atoms with Gasteiger partial charge >= 0.3 is 5.97 Å². The number of carbonyl (C=O) groups is 2. The molecule has 0 spiro atoms. The van der Waals surface area contributed by atoms with E-state index in [4.69, 9.17) is 10.5 Å². The highest BCUT2D eigenvalue weighted by Crippen LogP contribution is 2.35. The van der Waals surface area contributed by atoms with Gasteiger partial charge in [-0.05, 0) is 37.8 Å². The average molecular weight is 342 g/mol. The van der Waals surface area contributed by atoms with Crippen molar-refractivity contribution >= 4 is 23.2 Å². The Kier molecular flexibility index (Phi) is 4.76. The largest absolute Gasteiger partial charge is 0.456 e. The number of carbonyl (C=O) groups excluding carboxylic acids is 2. The summed E-state index contributed by atoms with van der Waals surface area (Å²) in [4.78, 5) is 27.3. The van der Waals surface area contributed by atoms with Crippen LogP contribution in [0.15, 0.2) is 41.3 Å². The Balaban J connectivity index is 1.60. The molecule has 0 atom stereocenters. The van der Waals surface area contributed by atoms with E-state index < -0.39 is 5.91 Å². The zero-order valence-electron chi connectivity index (χ0n) is 13.3. The maximum absolute atomic E-state index is 11.8. The summed E-state index contributed by atoms with van der Waals surface area (Å²) in [6.07, 6.45) is 3.91. The van der Waals surface area contributed by atoms with E-state index in [1.165, 1.54) is 24.2 Å². The van der Waals surface area contributed by atoms with Crippen LogP contribution in [-0.2, 0) is 16.1 Å². The van der Waals surface area contributed by atoms with Crippen molar-refractivity contribution in [2.24, 2.45) is 11.7 Å². The number of amides is 1. The second-order valence-corrected chi connectivity index (χ2v) is 6.71. The summed E-state index contributed by atoms with van der Waals surface area (Å²) in [6.45, 7) is 2.12. The van der Waals surface area contributed by atoms with Crippen LogP contribution >= 0.6 is 11.3 Å². The van der Waals surface area contributed by atoms with Crippen molar-refractivity contribution < 1.29 is 14.3 Å². The van der Waals surface area contributed by atoms with Gasteiger partial charge in [0.1, 0.15) is 11.6 Å². The maximum atomic E-state index is 11.8. The van der Waals surface area contributed by atoms with E-state index in [0.29, 0.717) is 17.2 Å². The molecule has 1 heterocycles. The van der Waals surface area contributed by atoms with Crippen molar-refractivity contribution in [2.45, 2.75) is 26.4 Å². The van der Waals surface area contributed by atoms with Crippen LogP contribution < -0.4 is 5.73 Å². The summed E-state index contributed by atoms with van der Waals surface area (Å²) in [5, 5.41) is 2.67. The molecule has 0 unspecified atom stereocenters. The number of hydrogen-bond acceptors (Lipinski definition) is 5. The molecule has 24 heavy (non-hydrogen) atoms. The lowest BCUT2D eigenvalue weighted by molar-refractivity contribution is -0.139. The second kappa shape index (κ2) is 6.97. The Morgan fingerprint density at radius 3 is 2.67 bits per heavy atom. The molecule has 1 aliphatic carbocycles. The first-order chi connectivity index (χ1) is 11.5. The Bertz CT molecular complexity index is 789. The number of thiazole rings is 1. The quantitative estimate of drug-likeness (QED) is 0.645. The number of hydrogen-bond donors (Lipinski definition) is 1. The average Bonchev–Trinajstić information content (AvgIpc) is 3.32. The highest BCUT2D eigenvalue weighted by atomic mass is 32.1. The van der Waals surface area contributed by atoms with Crippen LogP contribution in [0.3, 0.4) is 0 Å². The van der Waals surface area contributed by atoms with E-state index in [2.05, 4.69) is 4.98 Å². The maximum Gasteiger partial charge on any atom is 0.331 e. The SMILES string of the molecule is C/C(=C\C(=O)OCc1csc(-c2ccc(C(N)=O)cc2)n1)C1CC1. The fourth-order valence-corrected chi connectivity index (χ4v) is 3.12. The van der Waals surface area contributed by atoms with Gasteiger partial charge in [0.25, 0.3) is 0 Å². The summed E-state index contributed by atoms with van der Waals surface area (Å²) < 4.78 is 5.24. The summed E-state index contributed by atoms with van der Waals surface area (Å²) in [5.41, 5.74) is 8.38. The van der Waals surface area contributed by atoms with Gasteiger partial charge in [-0.25, -0.2) is 9.78 Å². The van der Waals surface area contributed by atoms with Crippen LogP contribution in [0.4, 0.5) is 0 Å². The van der Waals surface area contributed by atoms with E-state index in [-0.39, 0.29) is 12.6 Å². The number of aromatic nitrogens is 1. The summed E-state index contributed by atoms with van der Waals surface area (Å²) in [6, 6.07) is 6.95. The number of ether oxygens (including phenoxy) is 1. The van der Waals surface area contributed by atoms with Gasteiger partial charge in [0.05, 0.1) is 5.69 Å². The van der Waals surface area contributed by atoms with E-state index in [9.17, 15) is 9.59 Å². The molecule has 5 nitrogen and oxygen atoms in total. The molecule has 1 aliphatic rings. The molecular formula is C18H18N2O3S. The van der Waals surface area contributed by atoms with Crippen molar-refractivity contribution in [3.8, 4) is 10.6 Å². The Morgan fingerprint density at radius 1 is 1.33 bits per heavy atom. The molecule has 0 aliphatic heterocycles. The third-order valence-corrected chi connectivity index (χ3v) is 4.84. The van der Waals surface area contributed by atoms with Gasteiger partial charge in [-0.1, -0.05) is 17.7 Å². The number of nitrogens with two attached hydrogens (primary N) is 1. The molecule has 124 valence electrons. The predicted octanol–water partition coefficient (Wildman–Crippen LogP) is 3.31. The van der Waals surface area contributed by atoms with Gasteiger partial charge in [0.2, 0.25) is 5.91 Å². The van der Waals surface area contributed by atoms with E-state index >= 15 is 0 Å². The Hall–Kier alpha value is -2.47. The number of rotatable bonds is 6. The monoisotopic (exact) mass is 342 g/mol. The zero-order valence-corrected chi connectivity index (χ0v) is 14.1. The molecule has 3 rings (SSSR count). The summed E-state index contributed by atoms with van der Waals surface area (Å²) in [5.74, 6) is -0.214. The molecule has 1 amide bonds. The van der Waals surface area contributed by atoms with E-state index in [1.54, 1.807) is 30.3 Å². The van der Waals surface area contributed by atoms with Crippen molar-refractivity contribution in [1.29, 1.82) is 0 Å². The van der Waals surface area contributed by atoms with Crippen LogP contribution in [0.5, 0.6) is 0 Å².